The highest BCUT2D eigenvalue weighted by Crippen LogP contribution is 2.44. The fourth-order valence-electron chi connectivity index (χ4n) is 3.28. The summed E-state index contributed by atoms with van der Waals surface area (Å²) in [7, 11) is 1.31. The van der Waals surface area contributed by atoms with Gasteiger partial charge in [0.25, 0.3) is 0 Å². The molecular formula is C22H26O4. The van der Waals surface area contributed by atoms with Gasteiger partial charge in [0.1, 0.15) is 18.1 Å². The lowest BCUT2D eigenvalue weighted by molar-refractivity contribution is 0.120. The zero-order chi connectivity index (χ0) is 18.7. The highest BCUT2D eigenvalue weighted by Gasteiger charge is 2.28. The van der Waals surface area contributed by atoms with Crippen molar-refractivity contribution in [3.05, 3.63) is 58.1 Å². The third-order valence-electron chi connectivity index (χ3n) is 4.93. The SMILES string of the molecule is CCc1cc(C)c(OCc2c(OC(=O)OC)cccc2C2CC2)cc1C. The Morgan fingerprint density at radius 2 is 1.88 bits per heavy atom. The van der Waals surface area contributed by atoms with Crippen LogP contribution in [0.25, 0.3) is 0 Å². The van der Waals surface area contributed by atoms with Crippen LogP contribution in [0.1, 0.15) is 53.5 Å². The number of aryl methyl sites for hydroxylation is 3. The lowest BCUT2D eigenvalue weighted by atomic mass is 10.0. The maximum atomic E-state index is 11.6. The lowest BCUT2D eigenvalue weighted by Crippen LogP contribution is -2.11. The van der Waals surface area contributed by atoms with E-state index in [1.807, 2.05) is 6.07 Å². The van der Waals surface area contributed by atoms with E-state index in [2.05, 4.69) is 43.7 Å². The summed E-state index contributed by atoms with van der Waals surface area (Å²) in [6.07, 6.45) is 2.63. The average Bonchev–Trinajstić information content (AvgIpc) is 3.47. The van der Waals surface area contributed by atoms with Crippen LogP contribution in [0.2, 0.25) is 0 Å². The Balaban J connectivity index is 1.87. The van der Waals surface area contributed by atoms with Crippen molar-refractivity contribution in [2.45, 2.75) is 52.6 Å². The quantitative estimate of drug-likeness (QED) is 0.510. The summed E-state index contributed by atoms with van der Waals surface area (Å²) >= 11 is 0. The third kappa shape index (κ3) is 4.01. The van der Waals surface area contributed by atoms with Crippen molar-refractivity contribution in [3.8, 4) is 11.5 Å². The Hall–Kier alpha value is -2.49. The molecule has 26 heavy (non-hydrogen) atoms. The Morgan fingerprint density at radius 1 is 1.12 bits per heavy atom. The van der Waals surface area contributed by atoms with Crippen molar-refractivity contribution in [2.75, 3.05) is 7.11 Å². The van der Waals surface area contributed by atoms with Crippen molar-refractivity contribution in [3.63, 3.8) is 0 Å². The van der Waals surface area contributed by atoms with E-state index in [1.54, 1.807) is 6.07 Å². The van der Waals surface area contributed by atoms with Crippen molar-refractivity contribution in [1.29, 1.82) is 0 Å². The van der Waals surface area contributed by atoms with Crippen LogP contribution in [0.4, 0.5) is 4.79 Å². The molecule has 2 aromatic carbocycles. The number of rotatable bonds is 6. The summed E-state index contributed by atoms with van der Waals surface area (Å²) in [5.41, 5.74) is 5.81. The fraction of sp³-hybridized carbons (Fsp3) is 0.409. The van der Waals surface area contributed by atoms with Crippen LogP contribution in [-0.2, 0) is 17.8 Å². The van der Waals surface area contributed by atoms with Gasteiger partial charge in [-0.2, -0.15) is 0 Å². The molecule has 0 atom stereocenters. The van der Waals surface area contributed by atoms with Crippen LogP contribution in [0.5, 0.6) is 11.5 Å². The number of hydrogen-bond donors (Lipinski definition) is 0. The second-order valence-electron chi connectivity index (χ2n) is 6.84. The monoisotopic (exact) mass is 354 g/mol. The molecule has 0 unspecified atom stereocenters. The zero-order valence-corrected chi connectivity index (χ0v) is 15.9. The van der Waals surface area contributed by atoms with Crippen molar-refractivity contribution >= 4 is 6.16 Å². The van der Waals surface area contributed by atoms with Gasteiger partial charge in [-0.25, -0.2) is 4.79 Å². The predicted molar refractivity (Wildman–Crippen MR) is 101 cm³/mol. The topological polar surface area (TPSA) is 44.8 Å². The Kier molecular flexibility index (Phi) is 5.50. The first-order valence-electron chi connectivity index (χ1n) is 9.14. The van der Waals surface area contributed by atoms with Crippen LogP contribution in [-0.4, -0.2) is 13.3 Å². The van der Waals surface area contributed by atoms with Crippen LogP contribution in [0.15, 0.2) is 30.3 Å². The maximum Gasteiger partial charge on any atom is 0.513 e. The molecule has 4 nitrogen and oxygen atoms in total. The molecule has 1 aliphatic carbocycles. The second kappa shape index (κ2) is 7.81. The van der Waals surface area contributed by atoms with Crippen LogP contribution >= 0.6 is 0 Å². The summed E-state index contributed by atoms with van der Waals surface area (Å²) in [6.45, 7) is 6.69. The van der Waals surface area contributed by atoms with Crippen molar-refractivity contribution in [1.82, 2.24) is 0 Å². The third-order valence-corrected chi connectivity index (χ3v) is 4.93. The first kappa shape index (κ1) is 18.3. The largest absolute Gasteiger partial charge is 0.513 e. The first-order valence-corrected chi connectivity index (χ1v) is 9.14. The van der Waals surface area contributed by atoms with Gasteiger partial charge in [0.2, 0.25) is 0 Å². The molecule has 1 aliphatic rings. The van der Waals surface area contributed by atoms with Gasteiger partial charge in [-0.3, -0.25) is 0 Å². The molecule has 0 radical (unpaired) electrons. The molecule has 138 valence electrons. The predicted octanol–water partition coefficient (Wildman–Crippen LogP) is 5.47. The molecule has 0 saturated heterocycles. The van der Waals surface area contributed by atoms with E-state index < -0.39 is 6.16 Å². The van der Waals surface area contributed by atoms with Crippen molar-refractivity contribution < 1.29 is 19.0 Å². The summed E-state index contributed by atoms with van der Waals surface area (Å²) in [4.78, 5) is 11.6. The van der Waals surface area contributed by atoms with Gasteiger partial charge in [0.05, 0.1) is 7.11 Å². The number of carbonyl (C=O) groups is 1. The second-order valence-corrected chi connectivity index (χ2v) is 6.84. The molecular weight excluding hydrogens is 328 g/mol. The van der Waals surface area contributed by atoms with Gasteiger partial charge < -0.3 is 14.2 Å². The van der Waals surface area contributed by atoms with E-state index in [-0.39, 0.29) is 0 Å². The van der Waals surface area contributed by atoms with E-state index in [1.165, 1.54) is 23.8 Å². The number of carbonyl (C=O) groups excluding carboxylic acids is 1. The molecule has 0 amide bonds. The Morgan fingerprint density at radius 3 is 2.54 bits per heavy atom. The van der Waals surface area contributed by atoms with E-state index in [4.69, 9.17) is 9.47 Å². The van der Waals surface area contributed by atoms with Gasteiger partial charge in [0, 0.05) is 5.56 Å². The van der Waals surface area contributed by atoms with Crippen LogP contribution < -0.4 is 9.47 Å². The minimum Gasteiger partial charge on any atom is -0.488 e. The maximum absolute atomic E-state index is 11.6. The van der Waals surface area contributed by atoms with E-state index in [0.29, 0.717) is 18.3 Å². The smallest absolute Gasteiger partial charge is 0.488 e. The summed E-state index contributed by atoms with van der Waals surface area (Å²) in [5, 5.41) is 0. The minimum absolute atomic E-state index is 0.366. The highest BCUT2D eigenvalue weighted by atomic mass is 16.7. The molecule has 0 aliphatic heterocycles. The number of ether oxygens (including phenoxy) is 3. The summed E-state index contributed by atoms with van der Waals surface area (Å²) < 4.78 is 16.1. The van der Waals surface area contributed by atoms with Gasteiger partial charge in [-0.05, 0) is 73.4 Å². The van der Waals surface area contributed by atoms with Gasteiger partial charge >= 0.3 is 6.16 Å². The normalized spacial score (nSPS) is 13.4. The molecule has 1 saturated carbocycles. The number of hydrogen-bond acceptors (Lipinski definition) is 4. The van der Waals surface area contributed by atoms with E-state index in [0.717, 1.165) is 36.1 Å². The number of benzene rings is 2. The summed E-state index contributed by atoms with van der Waals surface area (Å²) in [5.74, 6) is 1.91. The van der Waals surface area contributed by atoms with Crippen LogP contribution in [0.3, 0.4) is 0 Å². The van der Waals surface area contributed by atoms with E-state index >= 15 is 0 Å². The fourth-order valence-corrected chi connectivity index (χ4v) is 3.28. The first-order chi connectivity index (χ1) is 12.5. The molecule has 0 N–H and O–H groups in total. The Labute approximate surface area is 155 Å². The average molecular weight is 354 g/mol. The van der Waals surface area contributed by atoms with Gasteiger partial charge in [-0.15, -0.1) is 0 Å². The molecule has 4 heteroatoms. The molecule has 0 heterocycles. The summed E-state index contributed by atoms with van der Waals surface area (Å²) in [6, 6.07) is 10.1. The molecule has 0 bridgehead atoms. The molecule has 0 spiro atoms. The minimum atomic E-state index is -0.710. The van der Waals surface area contributed by atoms with Gasteiger partial charge in [-0.1, -0.05) is 25.1 Å². The molecule has 2 aromatic rings. The lowest BCUT2D eigenvalue weighted by Gasteiger charge is -2.17. The number of methoxy groups -OCH3 is 1. The highest BCUT2D eigenvalue weighted by molar-refractivity contribution is 5.65. The Bertz CT molecular complexity index is 806. The van der Waals surface area contributed by atoms with Gasteiger partial charge in [0.15, 0.2) is 0 Å². The van der Waals surface area contributed by atoms with E-state index in [9.17, 15) is 4.79 Å². The van der Waals surface area contributed by atoms with Crippen molar-refractivity contribution in [2.24, 2.45) is 0 Å². The van der Waals surface area contributed by atoms with Crippen LogP contribution in [0, 0.1) is 13.8 Å². The standard InChI is InChI=1S/C22H26O4/c1-5-16-11-15(3)21(12-14(16)2)25-13-19-18(17-9-10-17)7-6-8-20(19)26-22(23)24-4/h6-8,11-12,17H,5,9-10,13H2,1-4H3. The molecule has 0 aromatic heterocycles. The zero-order valence-electron chi connectivity index (χ0n) is 15.9. The molecule has 3 rings (SSSR count). The molecule has 1 fully saturated rings.